The summed E-state index contributed by atoms with van der Waals surface area (Å²) >= 11 is 0. The molecule has 1 atom stereocenters. The second kappa shape index (κ2) is 4.45. The molecular weight excluding hydrogens is 152 g/mol. The van der Waals surface area contributed by atoms with Gasteiger partial charge in [0.05, 0.1) is 11.8 Å². The van der Waals surface area contributed by atoms with Crippen LogP contribution in [0.2, 0.25) is 0 Å². The standard InChI is InChI=1S/C9H18N2O/c1-11(2)9-7-5-4-6-8(9)10-12-3/h9H,4-7H2,1-3H3/b10-8+. The fourth-order valence-corrected chi connectivity index (χ4v) is 1.76. The Hall–Kier alpha value is -0.570. The van der Waals surface area contributed by atoms with Gasteiger partial charge in [-0.1, -0.05) is 11.6 Å². The maximum absolute atomic E-state index is 4.82. The van der Waals surface area contributed by atoms with Crippen LogP contribution in [0.1, 0.15) is 25.7 Å². The lowest BCUT2D eigenvalue weighted by Gasteiger charge is -2.28. The zero-order chi connectivity index (χ0) is 8.97. The molecule has 0 aromatic rings. The number of hydrogen-bond acceptors (Lipinski definition) is 3. The monoisotopic (exact) mass is 170 g/mol. The average Bonchev–Trinajstić information content (AvgIpc) is 2.05. The van der Waals surface area contributed by atoms with E-state index in [4.69, 9.17) is 4.84 Å². The van der Waals surface area contributed by atoms with Crippen LogP contribution in [0.5, 0.6) is 0 Å². The first-order chi connectivity index (χ1) is 5.75. The Labute approximate surface area is 74.4 Å². The molecule has 1 aliphatic rings. The highest BCUT2D eigenvalue weighted by molar-refractivity contribution is 5.89. The molecule has 3 heteroatoms. The van der Waals surface area contributed by atoms with Gasteiger partial charge in [-0.15, -0.1) is 0 Å². The highest BCUT2D eigenvalue weighted by Crippen LogP contribution is 2.19. The van der Waals surface area contributed by atoms with Crippen LogP contribution >= 0.6 is 0 Å². The SMILES string of the molecule is CO/N=C1\CCCCC1N(C)C. The third-order valence-electron chi connectivity index (χ3n) is 2.38. The van der Waals surface area contributed by atoms with Gasteiger partial charge >= 0.3 is 0 Å². The summed E-state index contributed by atoms with van der Waals surface area (Å²) < 4.78 is 0. The number of nitrogens with zero attached hydrogens (tertiary/aromatic N) is 2. The largest absolute Gasteiger partial charge is 0.399 e. The molecule has 0 saturated heterocycles. The van der Waals surface area contributed by atoms with Crippen LogP contribution in [0.3, 0.4) is 0 Å². The predicted octanol–water partition coefficient (Wildman–Crippen LogP) is 1.49. The first kappa shape index (κ1) is 9.52. The van der Waals surface area contributed by atoms with Crippen LogP contribution in [0.25, 0.3) is 0 Å². The second-order valence-corrected chi connectivity index (χ2v) is 3.49. The summed E-state index contributed by atoms with van der Waals surface area (Å²) in [6.45, 7) is 0. The van der Waals surface area contributed by atoms with Crippen LogP contribution in [0.4, 0.5) is 0 Å². The van der Waals surface area contributed by atoms with E-state index in [-0.39, 0.29) is 0 Å². The summed E-state index contributed by atoms with van der Waals surface area (Å²) in [4.78, 5) is 7.04. The van der Waals surface area contributed by atoms with E-state index >= 15 is 0 Å². The summed E-state index contributed by atoms with van der Waals surface area (Å²) in [5.74, 6) is 0. The number of oxime groups is 1. The van der Waals surface area contributed by atoms with Crippen LogP contribution in [0.15, 0.2) is 5.16 Å². The van der Waals surface area contributed by atoms with Crippen molar-refractivity contribution in [2.75, 3.05) is 21.2 Å². The van der Waals surface area contributed by atoms with E-state index in [2.05, 4.69) is 24.2 Å². The molecule has 0 N–H and O–H groups in total. The average molecular weight is 170 g/mol. The van der Waals surface area contributed by atoms with E-state index in [1.165, 1.54) is 25.0 Å². The van der Waals surface area contributed by atoms with Crippen molar-refractivity contribution in [1.82, 2.24) is 4.90 Å². The normalized spacial score (nSPS) is 28.0. The first-order valence-corrected chi connectivity index (χ1v) is 4.52. The number of hydrogen-bond donors (Lipinski definition) is 0. The Morgan fingerprint density at radius 1 is 1.42 bits per heavy atom. The van der Waals surface area contributed by atoms with E-state index in [9.17, 15) is 0 Å². The van der Waals surface area contributed by atoms with Crippen molar-refractivity contribution < 1.29 is 4.84 Å². The Kier molecular flexibility index (Phi) is 3.53. The van der Waals surface area contributed by atoms with Gasteiger partial charge in [0.25, 0.3) is 0 Å². The molecule has 0 aromatic carbocycles. The van der Waals surface area contributed by atoms with Crippen molar-refractivity contribution >= 4 is 5.71 Å². The highest BCUT2D eigenvalue weighted by atomic mass is 16.6. The minimum absolute atomic E-state index is 0.499. The van der Waals surface area contributed by atoms with Gasteiger partial charge in [-0.05, 0) is 33.4 Å². The fourth-order valence-electron chi connectivity index (χ4n) is 1.76. The Bertz CT molecular complexity index is 166. The molecule has 3 nitrogen and oxygen atoms in total. The van der Waals surface area contributed by atoms with Crippen LogP contribution in [-0.4, -0.2) is 37.9 Å². The lowest BCUT2D eigenvalue weighted by Crippen LogP contribution is -2.38. The molecule has 0 aromatic heterocycles. The van der Waals surface area contributed by atoms with Crippen molar-refractivity contribution in [3.05, 3.63) is 0 Å². The van der Waals surface area contributed by atoms with E-state index in [0.29, 0.717) is 6.04 Å². The lowest BCUT2D eigenvalue weighted by molar-refractivity contribution is 0.204. The quantitative estimate of drug-likeness (QED) is 0.587. The van der Waals surface area contributed by atoms with E-state index in [0.717, 1.165) is 6.42 Å². The van der Waals surface area contributed by atoms with Crippen molar-refractivity contribution in [3.63, 3.8) is 0 Å². The summed E-state index contributed by atoms with van der Waals surface area (Å²) in [7, 11) is 5.82. The third kappa shape index (κ3) is 2.21. The molecule has 0 spiro atoms. The summed E-state index contributed by atoms with van der Waals surface area (Å²) in [5, 5.41) is 4.06. The Balaban J connectivity index is 2.60. The van der Waals surface area contributed by atoms with Crippen molar-refractivity contribution in [3.8, 4) is 0 Å². The molecule has 0 radical (unpaired) electrons. The van der Waals surface area contributed by atoms with Gasteiger partial charge in [0.15, 0.2) is 0 Å². The van der Waals surface area contributed by atoms with Gasteiger partial charge in [-0.3, -0.25) is 0 Å². The molecule has 1 saturated carbocycles. The maximum atomic E-state index is 4.82. The zero-order valence-corrected chi connectivity index (χ0v) is 8.21. The molecule has 0 heterocycles. The Morgan fingerprint density at radius 3 is 2.75 bits per heavy atom. The third-order valence-corrected chi connectivity index (χ3v) is 2.38. The topological polar surface area (TPSA) is 24.8 Å². The zero-order valence-electron chi connectivity index (χ0n) is 8.21. The molecule has 1 fully saturated rings. The molecule has 1 unspecified atom stereocenters. The van der Waals surface area contributed by atoms with E-state index in [1.807, 2.05) is 0 Å². The van der Waals surface area contributed by atoms with E-state index in [1.54, 1.807) is 7.11 Å². The van der Waals surface area contributed by atoms with Gasteiger partial charge in [0.1, 0.15) is 7.11 Å². The van der Waals surface area contributed by atoms with Gasteiger partial charge in [0.2, 0.25) is 0 Å². The first-order valence-electron chi connectivity index (χ1n) is 4.52. The highest BCUT2D eigenvalue weighted by Gasteiger charge is 2.22. The minimum atomic E-state index is 0.499. The van der Waals surface area contributed by atoms with Crippen molar-refractivity contribution in [2.24, 2.45) is 5.16 Å². The van der Waals surface area contributed by atoms with Gasteiger partial charge in [-0.25, -0.2) is 0 Å². The van der Waals surface area contributed by atoms with Crippen LogP contribution < -0.4 is 0 Å². The van der Waals surface area contributed by atoms with E-state index < -0.39 is 0 Å². The number of rotatable bonds is 2. The molecule has 1 rings (SSSR count). The molecule has 1 aliphatic carbocycles. The van der Waals surface area contributed by atoms with Crippen LogP contribution in [0, 0.1) is 0 Å². The molecule has 0 aliphatic heterocycles. The summed E-state index contributed by atoms with van der Waals surface area (Å²) in [6.07, 6.45) is 4.88. The van der Waals surface area contributed by atoms with Crippen molar-refractivity contribution in [1.29, 1.82) is 0 Å². The maximum Gasteiger partial charge on any atom is 0.106 e. The lowest BCUT2D eigenvalue weighted by atomic mass is 9.93. The predicted molar refractivity (Wildman–Crippen MR) is 50.4 cm³/mol. The fraction of sp³-hybridized carbons (Fsp3) is 0.889. The molecule has 0 bridgehead atoms. The molecule has 12 heavy (non-hydrogen) atoms. The molecular formula is C9H18N2O. The molecule has 70 valence electrons. The van der Waals surface area contributed by atoms with Crippen molar-refractivity contribution in [2.45, 2.75) is 31.7 Å². The van der Waals surface area contributed by atoms with Gasteiger partial charge in [-0.2, -0.15) is 0 Å². The smallest absolute Gasteiger partial charge is 0.106 e. The minimum Gasteiger partial charge on any atom is -0.399 e. The summed E-state index contributed by atoms with van der Waals surface area (Å²) in [5.41, 5.74) is 1.20. The molecule has 0 amide bonds. The second-order valence-electron chi connectivity index (χ2n) is 3.49. The van der Waals surface area contributed by atoms with Crippen LogP contribution in [-0.2, 0) is 4.84 Å². The summed E-state index contributed by atoms with van der Waals surface area (Å²) in [6, 6.07) is 0.499. The van der Waals surface area contributed by atoms with Gasteiger partial charge in [0, 0.05) is 0 Å². The van der Waals surface area contributed by atoms with Gasteiger partial charge < -0.3 is 9.74 Å². The Morgan fingerprint density at radius 2 is 2.17 bits per heavy atom.